The first-order valence-corrected chi connectivity index (χ1v) is 10.0. The van der Waals surface area contributed by atoms with Crippen LogP contribution in [-0.4, -0.2) is 36.1 Å². The van der Waals surface area contributed by atoms with Crippen molar-refractivity contribution < 1.29 is 23.1 Å². The number of fused-ring (bicyclic) bond motifs is 1. The molecular formula is C23H21F2N3O3. The van der Waals surface area contributed by atoms with Crippen molar-refractivity contribution in [2.45, 2.75) is 25.9 Å². The molecule has 1 aliphatic rings. The van der Waals surface area contributed by atoms with E-state index in [1.165, 1.54) is 13.0 Å². The Morgan fingerprint density at radius 1 is 1.06 bits per heavy atom. The Bertz CT molecular complexity index is 1130. The Morgan fingerprint density at radius 3 is 2.45 bits per heavy atom. The molecule has 0 aliphatic carbocycles. The maximum atomic E-state index is 13.8. The lowest BCUT2D eigenvalue weighted by Gasteiger charge is -2.21. The molecule has 2 heterocycles. The van der Waals surface area contributed by atoms with E-state index in [9.17, 15) is 18.4 Å². The molecule has 0 radical (unpaired) electrons. The summed E-state index contributed by atoms with van der Waals surface area (Å²) in [5.74, 6) is -2.89. The molecule has 31 heavy (non-hydrogen) atoms. The molecule has 8 heteroatoms. The Hall–Kier alpha value is -3.55. The minimum atomic E-state index is -1.27. The van der Waals surface area contributed by atoms with Gasteiger partial charge in [-0.3, -0.25) is 4.79 Å². The van der Waals surface area contributed by atoms with Crippen molar-refractivity contribution in [3.63, 3.8) is 0 Å². The average molecular weight is 425 g/mol. The van der Waals surface area contributed by atoms with Crippen LogP contribution in [0.1, 0.15) is 30.1 Å². The number of rotatable bonds is 5. The fourth-order valence-corrected chi connectivity index (χ4v) is 3.55. The molecule has 4 rings (SSSR count). The van der Waals surface area contributed by atoms with E-state index in [1.54, 1.807) is 6.07 Å². The Morgan fingerprint density at radius 2 is 1.74 bits per heavy atom. The molecule has 1 aromatic heterocycles. The van der Waals surface area contributed by atoms with E-state index in [4.69, 9.17) is 4.74 Å². The lowest BCUT2D eigenvalue weighted by Crippen LogP contribution is -2.31. The third-order valence-electron chi connectivity index (χ3n) is 5.19. The summed E-state index contributed by atoms with van der Waals surface area (Å²) in [4.78, 5) is 32.0. The highest BCUT2D eigenvalue weighted by atomic mass is 19.1. The molecule has 0 saturated carbocycles. The fraction of sp³-hybridized carbons (Fsp3) is 0.261. The van der Waals surface area contributed by atoms with E-state index in [1.807, 2.05) is 29.2 Å². The SMILES string of the molecule is CC(OC(=O)c1cc2ccccc2nc1N1CCCC1)C(=O)Nc1c(F)cccc1F. The summed E-state index contributed by atoms with van der Waals surface area (Å²) in [6.07, 6.45) is 0.718. The highest BCUT2D eigenvalue weighted by Gasteiger charge is 2.26. The Balaban J connectivity index is 1.57. The van der Waals surface area contributed by atoms with Crippen LogP contribution in [0.5, 0.6) is 0 Å². The fourth-order valence-electron chi connectivity index (χ4n) is 3.55. The molecule has 0 bridgehead atoms. The van der Waals surface area contributed by atoms with Crippen molar-refractivity contribution in [3.05, 3.63) is 65.7 Å². The first kappa shape index (κ1) is 20.7. The van der Waals surface area contributed by atoms with Gasteiger partial charge in [0.05, 0.1) is 5.52 Å². The van der Waals surface area contributed by atoms with Gasteiger partial charge in [-0.1, -0.05) is 24.3 Å². The molecule has 6 nitrogen and oxygen atoms in total. The van der Waals surface area contributed by atoms with Gasteiger partial charge in [0.1, 0.15) is 28.7 Å². The predicted octanol–water partition coefficient (Wildman–Crippen LogP) is 4.30. The lowest BCUT2D eigenvalue weighted by atomic mass is 10.1. The summed E-state index contributed by atoms with van der Waals surface area (Å²) in [6.45, 7) is 2.89. The zero-order chi connectivity index (χ0) is 22.0. The normalized spacial score (nSPS) is 14.5. The topological polar surface area (TPSA) is 71.5 Å². The van der Waals surface area contributed by atoms with E-state index in [0.29, 0.717) is 5.82 Å². The maximum absolute atomic E-state index is 13.8. The standard InChI is InChI=1S/C23H21F2N3O3/c1-14(22(29)27-20-17(24)8-6-9-18(20)25)31-23(30)16-13-15-7-2-3-10-19(15)26-21(16)28-11-4-5-12-28/h2-3,6-10,13-14H,4-5,11-12H2,1H3,(H,27,29). The molecule has 1 aliphatic heterocycles. The number of halogens is 2. The van der Waals surface area contributed by atoms with Gasteiger partial charge in [-0.15, -0.1) is 0 Å². The lowest BCUT2D eigenvalue weighted by molar-refractivity contribution is -0.123. The number of nitrogens with zero attached hydrogens (tertiary/aromatic N) is 2. The second-order valence-corrected chi connectivity index (χ2v) is 7.38. The summed E-state index contributed by atoms with van der Waals surface area (Å²) in [5, 5.41) is 2.91. The molecule has 1 atom stereocenters. The number of ether oxygens (including phenoxy) is 1. The van der Waals surface area contributed by atoms with Crippen LogP contribution in [0.15, 0.2) is 48.5 Å². The first-order chi connectivity index (χ1) is 14.9. The highest BCUT2D eigenvalue weighted by Crippen LogP contribution is 2.27. The number of nitrogens with one attached hydrogen (secondary N) is 1. The Labute approximate surface area is 177 Å². The van der Waals surface area contributed by atoms with Crippen molar-refractivity contribution in [1.29, 1.82) is 0 Å². The highest BCUT2D eigenvalue weighted by molar-refractivity contribution is 6.02. The van der Waals surface area contributed by atoms with E-state index < -0.39 is 35.3 Å². The van der Waals surface area contributed by atoms with Crippen LogP contribution in [0, 0.1) is 11.6 Å². The van der Waals surface area contributed by atoms with Gasteiger partial charge in [-0.05, 0) is 44.0 Å². The molecule has 0 spiro atoms. The van der Waals surface area contributed by atoms with Crippen LogP contribution in [0.4, 0.5) is 20.3 Å². The quantitative estimate of drug-likeness (QED) is 0.618. The smallest absolute Gasteiger partial charge is 0.342 e. The average Bonchev–Trinajstić information content (AvgIpc) is 3.30. The van der Waals surface area contributed by atoms with Gasteiger partial charge in [0.2, 0.25) is 0 Å². The first-order valence-electron chi connectivity index (χ1n) is 10.0. The number of benzene rings is 2. The zero-order valence-corrected chi connectivity index (χ0v) is 16.9. The summed E-state index contributed by atoms with van der Waals surface area (Å²) < 4.78 is 32.9. The largest absolute Gasteiger partial charge is 0.449 e. The van der Waals surface area contributed by atoms with Crippen molar-refractivity contribution in [3.8, 4) is 0 Å². The van der Waals surface area contributed by atoms with Crippen molar-refractivity contribution in [1.82, 2.24) is 4.98 Å². The van der Waals surface area contributed by atoms with E-state index in [-0.39, 0.29) is 5.56 Å². The van der Waals surface area contributed by atoms with Gasteiger partial charge in [-0.25, -0.2) is 18.6 Å². The molecule has 1 N–H and O–H groups in total. The molecular weight excluding hydrogens is 404 g/mol. The molecule has 1 unspecified atom stereocenters. The summed E-state index contributed by atoms with van der Waals surface area (Å²) in [6, 6.07) is 12.3. The third-order valence-corrected chi connectivity index (χ3v) is 5.19. The number of carbonyl (C=O) groups excluding carboxylic acids is 2. The monoisotopic (exact) mass is 425 g/mol. The van der Waals surface area contributed by atoms with Crippen LogP contribution in [0.25, 0.3) is 10.9 Å². The van der Waals surface area contributed by atoms with Crippen molar-refractivity contribution in [2.24, 2.45) is 0 Å². The second kappa shape index (κ2) is 8.67. The van der Waals surface area contributed by atoms with E-state index >= 15 is 0 Å². The van der Waals surface area contributed by atoms with Crippen molar-refractivity contribution in [2.75, 3.05) is 23.3 Å². The van der Waals surface area contributed by atoms with Gasteiger partial charge in [0.15, 0.2) is 6.10 Å². The molecule has 160 valence electrons. The van der Waals surface area contributed by atoms with Gasteiger partial charge in [-0.2, -0.15) is 0 Å². The third kappa shape index (κ3) is 4.33. The predicted molar refractivity (Wildman–Crippen MR) is 113 cm³/mol. The number of para-hydroxylation sites is 2. The number of carbonyl (C=O) groups is 2. The van der Waals surface area contributed by atoms with Crippen LogP contribution in [-0.2, 0) is 9.53 Å². The number of pyridine rings is 1. The molecule has 3 aromatic rings. The van der Waals surface area contributed by atoms with E-state index in [2.05, 4.69) is 10.3 Å². The molecule has 1 saturated heterocycles. The van der Waals surface area contributed by atoms with Gasteiger partial charge in [0.25, 0.3) is 5.91 Å². The van der Waals surface area contributed by atoms with Gasteiger partial charge >= 0.3 is 5.97 Å². The van der Waals surface area contributed by atoms with Crippen LogP contribution in [0.2, 0.25) is 0 Å². The molecule has 1 amide bonds. The number of hydrogen-bond donors (Lipinski definition) is 1. The number of amides is 1. The summed E-state index contributed by atoms with van der Waals surface area (Å²) >= 11 is 0. The Kier molecular flexibility index (Phi) is 5.79. The maximum Gasteiger partial charge on any atom is 0.342 e. The number of aromatic nitrogens is 1. The minimum Gasteiger partial charge on any atom is -0.449 e. The van der Waals surface area contributed by atoms with Gasteiger partial charge < -0.3 is 15.0 Å². The number of esters is 1. The van der Waals surface area contributed by atoms with Crippen LogP contribution < -0.4 is 10.2 Å². The minimum absolute atomic E-state index is 0.248. The van der Waals surface area contributed by atoms with Gasteiger partial charge in [0, 0.05) is 18.5 Å². The summed E-state index contributed by atoms with van der Waals surface area (Å²) in [7, 11) is 0. The van der Waals surface area contributed by atoms with Crippen molar-refractivity contribution >= 4 is 34.3 Å². The molecule has 2 aromatic carbocycles. The van der Waals surface area contributed by atoms with E-state index in [0.717, 1.165) is 49.0 Å². The number of anilines is 2. The zero-order valence-electron chi connectivity index (χ0n) is 16.9. The van der Waals surface area contributed by atoms with Crippen LogP contribution in [0.3, 0.4) is 0 Å². The summed E-state index contributed by atoms with van der Waals surface area (Å²) in [5.41, 5.74) is 0.416. The number of hydrogen-bond acceptors (Lipinski definition) is 5. The molecule has 1 fully saturated rings. The second-order valence-electron chi connectivity index (χ2n) is 7.38. The van der Waals surface area contributed by atoms with Crippen LogP contribution >= 0.6 is 0 Å².